The standard InChI is InChI=1S/C18H36N4O/c1-5-19-17(21-12-9-16(13-21)14-23-4)20-15-18(2,3)22-10-7-6-8-11-22/h16H,5-15H2,1-4H3,(H,19,20). The van der Waals surface area contributed by atoms with Crippen LogP contribution in [0.25, 0.3) is 0 Å². The lowest BCUT2D eigenvalue weighted by molar-refractivity contribution is 0.102. The zero-order valence-corrected chi connectivity index (χ0v) is 15.6. The topological polar surface area (TPSA) is 40.1 Å². The molecule has 0 amide bonds. The Labute approximate surface area is 142 Å². The fourth-order valence-corrected chi connectivity index (χ4v) is 3.69. The Morgan fingerprint density at radius 2 is 1.96 bits per heavy atom. The minimum Gasteiger partial charge on any atom is -0.384 e. The van der Waals surface area contributed by atoms with Gasteiger partial charge in [-0.3, -0.25) is 9.89 Å². The summed E-state index contributed by atoms with van der Waals surface area (Å²) in [6.45, 7) is 14.1. The molecule has 1 atom stereocenters. The molecule has 1 N–H and O–H groups in total. The highest BCUT2D eigenvalue weighted by Gasteiger charge is 2.29. The van der Waals surface area contributed by atoms with Crippen molar-refractivity contribution < 1.29 is 4.74 Å². The van der Waals surface area contributed by atoms with Gasteiger partial charge in [0, 0.05) is 38.2 Å². The third-order valence-corrected chi connectivity index (χ3v) is 5.15. The van der Waals surface area contributed by atoms with Crippen LogP contribution in [0.2, 0.25) is 0 Å². The Morgan fingerprint density at radius 1 is 1.22 bits per heavy atom. The van der Waals surface area contributed by atoms with Gasteiger partial charge >= 0.3 is 0 Å². The molecule has 0 aromatic rings. The smallest absolute Gasteiger partial charge is 0.193 e. The van der Waals surface area contributed by atoms with Crippen molar-refractivity contribution in [1.29, 1.82) is 0 Å². The van der Waals surface area contributed by atoms with E-state index in [1.54, 1.807) is 7.11 Å². The van der Waals surface area contributed by atoms with Crippen LogP contribution in [0.5, 0.6) is 0 Å². The number of piperidine rings is 1. The van der Waals surface area contributed by atoms with Gasteiger partial charge in [-0.25, -0.2) is 0 Å². The van der Waals surface area contributed by atoms with Crippen molar-refractivity contribution in [2.75, 3.05) is 53.0 Å². The molecule has 2 fully saturated rings. The first-order valence-electron chi connectivity index (χ1n) is 9.34. The van der Waals surface area contributed by atoms with Crippen LogP contribution >= 0.6 is 0 Å². The molecule has 5 heteroatoms. The molecule has 0 aromatic carbocycles. The van der Waals surface area contributed by atoms with Crippen molar-refractivity contribution in [2.24, 2.45) is 10.9 Å². The Bertz CT molecular complexity index is 377. The summed E-state index contributed by atoms with van der Waals surface area (Å²) in [6.07, 6.45) is 5.25. The quantitative estimate of drug-likeness (QED) is 0.600. The lowest BCUT2D eigenvalue weighted by atomic mass is 9.99. The maximum atomic E-state index is 5.31. The van der Waals surface area contributed by atoms with Gasteiger partial charge in [-0.1, -0.05) is 6.42 Å². The van der Waals surface area contributed by atoms with E-state index in [2.05, 4.69) is 35.9 Å². The molecule has 0 saturated carbocycles. The van der Waals surface area contributed by atoms with E-state index < -0.39 is 0 Å². The van der Waals surface area contributed by atoms with Crippen LogP contribution in [0.15, 0.2) is 4.99 Å². The molecule has 2 aliphatic rings. The third-order valence-electron chi connectivity index (χ3n) is 5.15. The lowest BCUT2D eigenvalue weighted by Crippen LogP contribution is -2.50. The van der Waals surface area contributed by atoms with Crippen LogP contribution in [0.1, 0.15) is 46.5 Å². The minimum atomic E-state index is 0.146. The molecule has 134 valence electrons. The third kappa shape index (κ3) is 5.35. The van der Waals surface area contributed by atoms with Gasteiger partial charge < -0.3 is 15.0 Å². The molecule has 5 nitrogen and oxygen atoms in total. The van der Waals surface area contributed by atoms with Gasteiger partial charge in [-0.2, -0.15) is 0 Å². The molecule has 0 aliphatic carbocycles. The normalized spacial score (nSPS) is 24.3. The van der Waals surface area contributed by atoms with E-state index in [9.17, 15) is 0 Å². The molecule has 2 heterocycles. The van der Waals surface area contributed by atoms with Gasteiger partial charge in [0.25, 0.3) is 0 Å². The van der Waals surface area contributed by atoms with Crippen LogP contribution in [0.3, 0.4) is 0 Å². The molecular formula is C18H36N4O. The Kier molecular flexibility index (Phi) is 7.15. The molecule has 0 radical (unpaired) electrons. The first-order chi connectivity index (χ1) is 11.1. The van der Waals surface area contributed by atoms with E-state index in [0.717, 1.165) is 38.7 Å². The molecule has 2 aliphatic heterocycles. The van der Waals surface area contributed by atoms with Crippen molar-refractivity contribution in [1.82, 2.24) is 15.1 Å². The average Bonchev–Trinajstić information content (AvgIpc) is 3.01. The summed E-state index contributed by atoms with van der Waals surface area (Å²) >= 11 is 0. The number of aliphatic imine (C=N–C) groups is 1. The predicted octanol–water partition coefficient (Wildman–Crippen LogP) is 2.18. The summed E-state index contributed by atoms with van der Waals surface area (Å²) in [5.74, 6) is 1.72. The maximum Gasteiger partial charge on any atom is 0.193 e. The van der Waals surface area contributed by atoms with Gasteiger partial charge in [-0.15, -0.1) is 0 Å². The molecule has 0 spiro atoms. The monoisotopic (exact) mass is 324 g/mol. The number of methoxy groups -OCH3 is 1. The number of hydrogen-bond donors (Lipinski definition) is 1. The van der Waals surface area contributed by atoms with Crippen LogP contribution in [0.4, 0.5) is 0 Å². The van der Waals surface area contributed by atoms with Crippen LogP contribution < -0.4 is 5.32 Å². The van der Waals surface area contributed by atoms with E-state index >= 15 is 0 Å². The number of guanidine groups is 1. The average molecular weight is 325 g/mol. The zero-order valence-electron chi connectivity index (χ0n) is 15.6. The molecule has 0 aromatic heterocycles. The number of nitrogens with zero attached hydrogens (tertiary/aromatic N) is 3. The highest BCUT2D eigenvalue weighted by Crippen LogP contribution is 2.21. The molecule has 23 heavy (non-hydrogen) atoms. The SMILES string of the molecule is CCNC(=NCC(C)(C)N1CCCCC1)N1CCC(COC)C1. The van der Waals surface area contributed by atoms with Crippen molar-refractivity contribution in [3.05, 3.63) is 0 Å². The van der Waals surface area contributed by atoms with Gasteiger partial charge in [0.05, 0.1) is 13.2 Å². The van der Waals surface area contributed by atoms with E-state index in [1.165, 1.54) is 38.8 Å². The lowest BCUT2D eigenvalue weighted by Gasteiger charge is -2.40. The number of hydrogen-bond acceptors (Lipinski definition) is 3. The molecule has 2 rings (SSSR count). The van der Waals surface area contributed by atoms with Crippen LogP contribution in [0, 0.1) is 5.92 Å². The summed E-state index contributed by atoms with van der Waals surface area (Å²) in [6, 6.07) is 0. The summed E-state index contributed by atoms with van der Waals surface area (Å²) in [5.41, 5.74) is 0.146. The first-order valence-corrected chi connectivity index (χ1v) is 9.34. The van der Waals surface area contributed by atoms with E-state index in [4.69, 9.17) is 9.73 Å². The Hall–Kier alpha value is -0.810. The van der Waals surface area contributed by atoms with Gasteiger partial charge in [0.2, 0.25) is 0 Å². The largest absolute Gasteiger partial charge is 0.384 e. The maximum absolute atomic E-state index is 5.31. The number of rotatable bonds is 6. The van der Waals surface area contributed by atoms with Crippen LogP contribution in [-0.4, -0.2) is 74.3 Å². The fraction of sp³-hybridized carbons (Fsp3) is 0.944. The van der Waals surface area contributed by atoms with Gasteiger partial charge in [0.1, 0.15) is 0 Å². The van der Waals surface area contributed by atoms with Crippen molar-refractivity contribution in [3.63, 3.8) is 0 Å². The second-order valence-electron chi connectivity index (χ2n) is 7.59. The van der Waals surface area contributed by atoms with Crippen molar-refractivity contribution in [3.8, 4) is 0 Å². The second-order valence-corrected chi connectivity index (χ2v) is 7.59. The van der Waals surface area contributed by atoms with E-state index in [0.29, 0.717) is 5.92 Å². The summed E-state index contributed by atoms with van der Waals surface area (Å²) in [7, 11) is 1.79. The predicted molar refractivity (Wildman–Crippen MR) is 97.0 cm³/mol. The van der Waals surface area contributed by atoms with Gasteiger partial charge in [0.15, 0.2) is 5.96 Å². The van der Waals surface area contributed by atoms with Gasteiger partial charge in [-0.05, 0) is 53.1 Å². The molecule has 0 bridgehead atoms. The Balaban J connectivity index is 1.95. The van der Waals surface area contributed by atoms with Crippen molar-refractivity contribution >= 4 is 5.96 Å². The molecule has 1 unspecified atom stereocenters. The number of nitrogens with one attached hydrogen (secondary N) is 1. The van der Waals surface area contributed by atoms with E-state index in [-0.39, 0.29) is 5.54 Å². The summed E-state index contributed by atoms with van der Waals surface area (Å²) in [5, 5.41) is 3.48. The first kappa shape index (κ1) is 18.5. The summed E-state index contributed by atoms with van der Waals surface area (Å²) in [4.78, 5) is 10.0. The van der Waals surface area contributed by atoms with Crippen molar-refractivity contribution in [2.45, 2.75) is 52.0 Å². The van der Waals surface area contributed by atoms with Crippen LogP contribution in [-0.2, 0) is 4.74 Å². The second kappa shape index (κ2) is 8.88. The highest BCUT2D eigenvalue weighted by molar-refractivity contribution is 5.80. The molecular weight excluding hydrogens is 288 g/mol. The Morgan fingerprint density at radius 3 is 2.61 bits per heavy atom. The molecule has 2 saturated heterocycles. The fourth-order valence-electron chi connectivity index (χ4n) is 3.69. The van der Waals surface area contributed by atoms with E-state index in [1.807, 2.05) is 0 Å². The number of ether oxygens (including phenoxy) is 1. The summed E-state index contributed by atoms with van der Waals surface area (Å²) < 4.78 is 5.31. The highest BCUT2D eigenvalue weighted by atomic mass is 16.5. The zero-order chi connectivity index (χ0) is 16.7. The number of likely N-dealkylation sites (tertiary alicyclic amines) is 2. The minimum absolute atomic E-state index is 0.146.